The van der Waals surface area contributed by atoms with Crippen LogP contribution in [0.1, 0.15) is 216 Å². The molecule has 10 aromatic carbocycles. The Labute approximate surface area is 741 Å². The molecule has 676 valence electrons. The van der Waals surface area contributed by atoms with E-state index >= 15 is 0 Å². The van der Waals surface area contributed by atoms with Crippen molar-refractivity contribution in [3.8, 4) is 0 Å². The summed E-state index contributed by atoms with van der Waals surface area (Å²) in [7, 11) is 0. The van der Waals surface area contributed by atoms with Crippen molar-refractivity contribution in [2.75, 3.05) is 0 Å². The number of carbonyl (C=O) groups excluding carboxylic acids is 5. The molecule has 5 atom stereocenters. The zero-order valence-electron chi connectivity index (χ0n) is 71.1. The lowest BCUT2D eigenvalue weighted by atomic mass is 9.90. The van der Waals surface area contributed by atoms with E-state index < -0.39 is 179 Å². The number of nitrogens with one attached hydrogen (secondary N) is 5. The maximum absolute atomic E-state index is 13.9. The molecule has 0 radical (unpaired) electrons. The fourth-order valence-corrected chi connectivity index (χ4v) is 15.4. The number of aliphatic carboxylic acids is 5. The molecule has 0 bridgehead atoms. The Hall–Kier alpha value is -15.1. The van der Waals surface area contributed by atoms with Crippen LogP contribution in [-0.4, -0.2) is 109 Å². The van der Waals surface area contributed by atoms with E-state index in [2.05, 4.69) is 31.8 Å². The number of carboxylic acid groups (broad SMARTS) is 5. The number of benzene rings is 10. The number of ketones is 5. The Kier molecular flexibility index (Phi) is 31.4. The number of carbonyl (C=O) groups is 10. The molecule has 0 saturated heterocycles. The van der Waals surface area contributed by atoms with Crippen molar-refractivity contribution >= 4 is 113 Å². The van der Waals surface area contributed by atoms with Crippen LogP contribution in [0.3, 0.4) is 0 Å². The molecule has 0 amide bonds. The quantitative estimate of drug-likeness (QED) is 0.0148. The topological polar surface area (TPSA) is 351 Å². The molecule has 0 aliphatic heterocycles. The van der Waals surface area contributed by atoms with Gasteiger partial charge in [-0.05, 0) is 197 Å². The highest BCUT2D eigenvalue weighted by Crippen LogP contribution is 2.38. The molecule has 5 aromatic heterocycles. The Morgan fingerprint density at radius 2 is 0.542 bits per heavy atom. The monoisotopic (exact) mass is 1800 g/mol. The van der Waals surface area contributed by atoms with Crippen molar-refractivity contribution < 1.29 is 117 Å². The first-order valence-corrected chi connectivity index (χ1v) is 41.4. The minimum Gasteiger partial charge on any atom is -0.481 e. The smallest absolute Gasteiger partial charge is 0.311 e. The summed E-state index contributed by atoms with van der Waals surface area (Å²) in [6, 6.07) is 41.5. The van der Waals surface area contributed by atoms with Crippen molar-refractivity contribution in [2.24, 2.45) is 0 Å². The van der Waals surface area contributed by atoms with Gasteiger partial charge in [-0.15, -0.1) is 0 Å². The number of H-pyrrole nitrogens is 5. The van der Waals surface area contributed by atoms with Crippen LogP contribution in [0.2, 0.25) is 0 Å². The van der Waals surface area contributed by atoms with Gasteiger partial charge in [-0.3, -0.25) is 47.9 Å². The average Bonchev–Trinajstić information content (AvgIpc) is 1.67. The molecule has 0 saturated carbocycles. The number of halogens is 10. The number of fused-ring (bicyclic) bond motifs is 5. The van der Waals surface area contributed by atoms with Crippen molar-refractivity contribution in [1.82, 2.24) is 24.9 Å². The van der Waals surface area contributed by atoms with Crippen molar-refractivity contribution in [1.29, 1.82) is 0 Å². The first kappa shape index (κ1) is 96.5. The molecule has 20 nitrogen and oxygen atoms in total. The van der Waals surface area contributed by atoms with Crippen LogP contribution in [0.4, 0.5) is 43.9 Å². The molecule has 0 fully saturated rings. The van der Waals surface area contributed by atoms with E-state index in [0.29, 0.717) is 68.9 Å². The van der Waals surface area contributed by atoms with Gasteiger partial charge >= 0.3 is 29.8 Å². The minimum atomic E-state index is -1.18. The number of aryl methyl sites for hydroxylation is 4. The fourth-order valence-electron chi connectivity index (χ4n) is 15.4. The molecule has 5 heterocycles. The first-order chi connectivity index (χ1) is 62.3. The summed E-state index contributed by atoms with van der Waals surface area (Å²) in [4.78, 5) is 136. The normalized spacial score (nSPS) is 12.3. The second kappa shape index (κ2) is 42.7. The molecule has 15 rings (SSSR count). The van der Waals surface area contributed by atoms with Gasteiger partial charge in [0.2, 0.25) is 0 Å². The molecule has 10 N–H and O–H groups in total. The van der Waals surface area contributed by atoms with Crippen LogP contribution in [-0.2, 0) is 43.2 Å². The van der Waals surface area contributed by atoms with Gasteiger partial charge in [-0.2, -0.15) is 0 Å². The zero-order valence-corrected chi connectivity index (χ0v) is 71.1. The van der Waals surface area contributed by atoms with E-state index in [9.17, 15) is 117 Å². The zero-order chi connectivity index (χ0) is 95.1. The molecule has 15 aromatic rings. The van der Waals surface area contributed by atoms with Gasteiger partial charge in [0.05, 0.1) is 57.4 Å². The Bertz CT molecular complexity index is 6880. The largest absolute Gasteiger partial charge is 0.481 e. The number of hydrogen-bond donors (Lipinski definition) is 10. The lowest BCUT2D eigenvalue weighted by molar-refractivity contribution is -0.139. The van der Waals surface area contributed by atoms with Crippen LogP contribution in [0.25, 0.3) is 54.5 Å². The van der Waals surface area contributed by atoms with Crippen LogP contribution in [0, 0.1) is 65.1 Å². The molecular weight excluding hydrogens is 1710 g/mol. The Morgan fingerprint density at radius 1 is 0.282 bits per heavy atom. The molecule has 0 aliphatic rings. The fraction of sp³-hybridized carbons (Fsp3) is 0.208. The van der Waals surface area contributed by atoms with Crippen LogP contribution < -0.4 is 0 Å². The number of Topliss-reactive ketones (excluding diaryl/α,β-unsaturated/α-hetero) is 5. The molecule has 0 spiro atoms. The predicted octanol–water partition coefficient (Wildman–Crippen LogP) is 22.9. The summed E-state index contributed by atoms with van der Waals surface area (Å²) < 4.78 is 134. The van der Waals surface area contributed by atoms with Crippen LogP contribution >= 0.6 is 0 Å². The third-order valence-corrected chi connectivity index (χ3v) is 22.4. The number of rotatable bonds is 30. The summed E-state index contributed by atoms with van der Waals surface area (Å²) in [5.41, 5.74) is 9.90. The number of carboxylic acids is 5. The number of hydrogen-bond acceptors (Lipinski definition) is 10. The highest BCUT2D eigenvalue weighted by Gasteiger charge is 2.34. The summed E-state index contributed by atoms with van der Waals surface area (Å²) in [5.74, 6) is -23.7. The SMILES string of the molecule is CC(C)c1ccc2[nH]cc(C(CC(=O)c3ccc(F)cc3F)C(=O)O)c2c1.CCCc1ccc2[nH]cc(C(CC(=O)c3ccc(F)cc3F)C(=O)O)c2c1.CCc1ccc2[nH]cc(C(CC(=O)c3ccc(F)cc3F)C(=O)O)c2c1.CCc1ccc2c(C(CC(=O)c3ccc(F)cc3F)C(=O)O)c[nH]c2c1.Cc1ccc2c(C(CC(=O)c3ccc(F)cc3F)C(=O)O)c[nH]c2c1. The lowest BCUT2D eigenvalue weighted by Crippen LogP contribution is -2.17. The molecular formula is C101H87F10N5O15. The van der Waals surface area contributed by atoms with Gasteiger partial charge in [0, 0.05) is 148 Å². The van der Waals surface area contributed by atoms with Crippen LogP contribution in [0.15, 0.2) is 213 Å². The summed E-state index contributed by atoms with van der Waals surface area (Å²) >= 11 is 0. The second-order valence-corrected chi connectivity index (χ2v) is 31.5. The Balaban J connectivity index is 0.000000158. The molecule has 5 unspecified atom stereocenters. The highest BCUT2D eigenvalue weighted by molar-refractivity contribution is 6.05. The Morgan fingerprint density at radius 3 is 0.840 bits per heavy atom. The van der Waals surface area contributed by atoms with E-state index in [1.807, 2.05) is 120 Å². The van der Waals surface area contributed by atoms with Gasteiger partial charge in [-0.25, -0.2) is 43.9 Å². The molecule has 30 heteroatoms. The second-order valence-electron chi connectivity index (χ2n) is 31.5. The number of aromatic amines is 5. The summed E-state index contributed by atoms with van der Waals surface area (Å²) in [5, 5.41) is 51.7. The maximum atomic E-state index is 13.9. The third kappa shape index (κ3) is 23.3. The predicted molar refractivity (Wildman–Crippen MR) is 471 cm³/mol. The average molecular weight is 1800 g/mol. The standard InChI is InChI=1S/2C21H19F2NO3.2C20H17F2NO3.C19H15F2NO3/c1-11(2)12-3-6-19-15(7-12)17(10-24-19)16(21(26)27)9-20(25)14-5-4-13(22)8-18(14)23;1-2-3-12-4-7-19-15(8-12)17(11-24-19)16(21(26)27)10-20(25)14-6-5-13(22)9-18(14)23;1-2-11-3-6-18-14(7-11)16(10-23-18)15(20(25)26)9-19(24)13-5-4-12(21)8-17(13)22;1-2-11-3-5-13-16(10-23-18(13)7-11)15(20(25)26)9-19(24)14-6-4-12(21)8-17(14)22;1-10-2-4-12-15(9-22-17(12)6-10)14(19(24)25)8-18(23)13-5-3-11(20)7-16(13)21/h3-8,10-11,16,24H,9H2,1-2H3,(H,26,27);4-9,11,16,24H,2-3,10H2,1H3,(H,26,27);2*3-8,10,15,23H,2,9H2,1H3,(H,25,26);2-7,9,14,22H,8H2,1H3,(H,24,25). The van der Waals surface area contributed by atoms with E-state index in [1.54, 1.807) is 37.1 Å². The first-order valence-electron chi connectivity index (χ1n) is 41.4. The number of aromatic nitrogens is 5. The van der Waals surface area contributed by atoms with E-state index in [-0.39, 0.29) is 33.7 Å². The van der Waals surface area contributed by atoms with Crippen LogP contribution in [0.5, 0.6) is 0 Å². The lowest BCUT2D eigenvalue weighted by Gasteiger charge is -2.13. The van der Waals surface area contributed by atoms with E-state index in [4.69, 9.17) is 0 Å². The molecule has 131 heavy (non-hydrogen) atoms. The van der Waals surface area contributed by atoms with Crippen molar-refractivity contribution in [2.45, 2.75) is 135 Å². The van der Waals surface area contributed by atoms with Gasteiger partial charge in [0.15, 0.2) is 28.9 Å². The van der Waals surface area contributed by atoms with Gasteiger partial charge in [0.1, 0.15) is 58.2 Å². The van der Waals surface area contributed by atoms with Gasteiger partial charge < -0.3 is 50.5 Å². The van der Waals surface area contributed by atoms with E-state index in [0.717, 1.165) is 158 Å². The van der Waals surface area contributed by atoms with Gasteiger partial charge in [0.25, 0.3) is 0 Å². The minimum absolute atomic E-state index is 0.260. The summed E-state index contributed by atoms with van der Waals surface area (Å²) in [6.07, 6.45) is 9.20. The van der Waals surface area contributed by atoms with Crippen molar-refractivity contribution in [3.63, 3.8) is 0 Å². The maximum Gasteiger partial charge on any atom is 0.311 e. The van der Waals surface area contributed by atoms with Crippen molar-refractivity contribution in [3.05, 3.63) is 355 Å². The van der Waals surface area contributed by atoms with E-state index in [1.165, 1.54) is 0 Å². The summed E-state index contributed by atoms with van der Waals surface area (Å²) in [6.45, 7) is 12.0. The third-order valence-electron chi connectivity index (χ3n) is 22.4. The molecule has 0 aliphatic carbocycles. The highest BCUT2D eigenvalue weighted by atomic mass is 19.2. The van der Waals surface area contributed by atoms with Gasteiger partial charge in [-0.1, -0.05) is 83.5 Å².